The Morgan fingerprint density at radius 1 is 1.15 bits per heavy atom. The largest absolute Gasteiger partial charge is 0.298 e. The Kier molecular flexibility index (Phi) is 4.24. The van der Waals surface area contributed by atoms with Crippen LogP contribution in [0.15, 0.2) is 0 Å². The molecule has 1 fully saturated rings. The average molecular weight is 203 g/mol. The van der Waals surface area contributed by atoms with Gasteiger partial charge in [0.05, 0.1) is 5.88 Å². The molecule has 0 N–H and O–H groups in total. The molecule has 0 radical (unpaired) electrons. The summed E-state index contributed by atoms with van der Waals surface area (Å²) in [5.41, 5.74) is -0.109. The summed E-state index contributed by atoms with van der Waals surface area (Å²) in [5, 5.41) is 0. The minimum absolute atomic E-state index is 0.109. The van der Waals surface area contributed by atoms with Gasteiger partial charge in [-0.1, -0.05) is 39.0 Å². The lowest BCUT2D eigenvalue weighted by molar-refractivity contribution is -0.126. The Morgan fingerprint density at radius 3 is 2.08 bits per heavy atom. The summed E-state index contributed by atoms with van der Waals surface area (Å²) in [5.74, 6) is 0.437. The molecule has 1 aliphatic rings. The highest BCUT2D eigenvalue weighted by Crippen LogP contribution is 2.34. The lowest BCUT2D eigenvalue weighted by atomic mass is 9.75. The summed E-state index contributed by atoms with van der Waals surface area (Å²) in [6, 6.07) is 0. The Hall–Kier alpha value is -0.0400. The van der Waals surface area contributed by atoms with E-state index < -0.39 is 0 Å². The molecular weight excluding hydrogens is 184 g/mol. The zero-order valence-electron chi connectivity index (χ0n) is 8.44. The second kappa shape index (κ2) is 4.99. The van der Waals surface area contributed by atoms with Crippen LogP contribution in [0.25, 0.3) is 0 Å². The number of carbonyl (C=O) groups excluding carboxylic acids is 1. The van der Waals surface area contributed by atoms with Crippen molar-refractivity contribution >= 4 is 17.4 Å². The van der Waals surface area contributed by atoms with Gasteiger partial charge in [0.2, 0.25) is 0 Å². The predicted molar refractivity (Wildman–Crippen MR) is 56.2 cm³/mol. The first-order chi connectivity index (χ1) is 6.19. The minimum Gasteiger partial charge on any atom is -0.298 e. The molecule has 0 spiro atoms. The van der Waals surface area contributed by atoms with Crippen molar-refractivity contribution in [1.82, 2.24) is 0 Å². The second-order valence-electron chi connectivity index (χ2n) is 4.39. The van der Waals surface area contributed by atoms with Crippen molar-refractivity contribution in [2.24, 2.45) is 5.41 Å². The monoisotopic (exact) mass is 202 g/mol. The van der Waals surface area contributed by atoms with E-state index in [1.165, 1.54) is 32.1 Å². The van der Waals surface area contributed by atoms with Crippen LogP contribution < -0.4 is 0 Å². The second-order valence-corrected chi connectivity index (χ2v) is 4.65. The van der Waals surface area contributed by atoms with Gasteiger partial charge in [-0.25, -0.2) is 0 Å². The zero-order chi connectivity index (χ0) is 9.73. The van der Waals surface area contributed by atoms with E-state index in [-0.39, 0.29) is 17.1 Å². The van der Waals surface area contributed by atoms with Crippen molar-refractivity contribution in [3.63, 3.8) is 0 Å². The van der Waals surface area contributed by atoms with Crippen LogP contribution in [0.1, 0.15) is 51.9 Å². The molecular formula is C11H19ClO. The van der Waals surface area contributed by atoms with Gasteiger partial charge in [-0.05, 0) is 12.8 Å². The van der Waals surface area contributed by atoms with Crippen LogP contribution in [0.2, 0.25) is 0 Å². The Labute approximate surface area is 85.8 Å². The molecule has 0 aromatic rings. The lowest BCUT2D eigenvalue weighted by Gasteiger charge is -2.29. The number of Topliss-reactive ketones (excluding diaryl/α,β-unsaturated/α-hetero) is 1. The molecule has 0 aromatic carbocycles. The Morgan fingerprint density at radius 2 is 1.62 bits per heavy atom. The summed E-state index contributed by atoms with van der Waals surface area (Å²) in [4.78, 5) is 11.6. The van der Waals surface area contributed by atoms with Gasteiger partial charge in [0, 0.05) is 5.41 Å². The van der Waals surface area contributed by atoms with Crippen molar-refractivity contribution < 1.29 is 4.79 Å². The molecule has 1 nitrogen and oxygen atoms in total. The highest BCUT2D eigenvalue weighted by molar-refractivity contribution is 6.28. The summed E-state index contributed by atoms with van der Waals surface area (Å²) < 4.78 is 0. The molecule has 0 aromatic heterocycles. The molecule has 76 valence electrons. The average Bonchev–Trinajstić information content (AvgIpc) is 2.10. The first kappa shape index (κ1) is 11.0. The number of hydrogen-bond donors (Lipinski definition) is 0. The molecule has 1 aliphatic carbocycles. The maximum Gasteiger partial charge on any atom is 0.153 e. The Bertz CT molecular complexity index is 169. The van der Waals surface area contributed by atoms with Crippen molar-refractivity contribution in [2.75, 3.05) is 5.88 Å². The fraction of sp³-hybridized carbons (Fsp3) is 0.909. The van der Waals surface area contributed by atoms with Crippen molar-refractivity contribution in [1.29, 1.82) is 0 Å². The Balaban J connectivity index is 2.56. The fourth-order valence-electron chi connectivity index (χ4n) is 2.13. The lowest BCUT2D eigenvalue weighted by Crippen LogP contribution is -2.29. The molecule has 1 saturated carbocycles. The third-order valence-electron chi connectivity index (χ3n) is 3.25. The van der Waals surface area contributed by atoms with Gasteiger partial charge < -0.3 is 0 Å². The fourth-order valence-corrected chi connectivity index (χ4v) is 2.45. The van der Waals surface area contributed by atoms with E-state index in [1.807, 2.05) is 0 Å². The minimum atomic E-state index is -0.109. The third-order valence-corrected chi connectivity index (χ3v) is 3.49. The number of ketones is 1. The number of rotatable bonds is 2. The van der Waals surface area contributed by atoms with Crippen LogP contribution in [0, 0.1) is 5.41 Å². The SMILES string of the molecule is CC1(C(=O)CCl)CCCCCCC1. The molecule has 0 bridgehead atoms. The van der Waals surface area contributed by atoms with E-state index in [2.05, 4.69) is 6.92 Å². The first-order valence-corrected chi connectivity index (χ1v) is 5.82. The maximum atomic E-state index is 11.6. The highest BCUT2D eigenvalue weighted by atomic mass is 35.5. The van der Waals surface area contributed by atoms with Gasteiger partial charge in [0.15, 0.2) is 5.78 Å². The van der Waals surface area contributed by atoms with Crippen LogP contribution in [0.3, 0.4) is 0 Å². The molecule has 13 heavy (non-hydrogen) atoms. The molecule has 1 rings (SSSR count). The van der Waals surface area contributed by atoms with Crippen molar-refractivity contribution in [3.05, 3.63) is 0 Å². The highest BCUT2D eigenvalue weighted by Gasteiger charge is 2.31. The first-order valence-electron chi connectivity index (χ1n) is 5.28. The van der Waals surface area contributed by atoms with E-state index >= 15 is 0 Å². The summed E-state index contributed by atoms with van der Waals surface area (Å²) in [6.45, 7) is 2.09. The van der Waals surface area contributed by atoms with Gasteiger partial charge in [-0.2, -0.15) is 0 Å². The quantitative estimate of drug-likeness (QED) is 0.626. The van der Waals surface area contributed by atoms with Crippen LogP contribution >= 0.6 is 11.6 Å². The zero-order valence-corrected chi connectivity index (χ0v) is 9.20. The standard InChI is InChI=1S/C11H19ClO/c1-11(10(13)9-12)7-5-3-2-4-6-8-11/h2-9H2,1H3. The van der Waals surface area contributed by atoms with E-state index in [0.29, 0.717) is 0 Å². The van der Waals surface area contributed by atoms with E-state index in [4.69, 9.17) is 11.6 Å². The van der Waals surface area contributed by atoms with Gasteiger partial charge in [-0.3, -0.25) is 4.79 Å². The molecule has 0 saturated heterocycles. The van der Waals surface area contributed by atoms with E-state index in [1.54, 1.807) is 0 Å². The van der Waals surface area contributed by atoms with Crippen molar-refractivity contribution in [2.45, 2.75) is 51.9 Å². The third kappa shape index (κ3) is 2.98. The predicted octanol–water partition coefficient (Wildman–Crippen LogP) is 3.54. The normalized spacial score (nSPS) is 23.2. The molecule has 0 aliphatic heterocycles. The molecule has 0 amide bonds. The van der Waals surface area contributed by atoms with Gasteiger partial charge >= 0.3 is 0 Å². The number of halogens is 1. The molecule has 0 heterocycles. The van der Waals surface area contributed by atoms with E-state index in [0.717, 1.165) is 12.8 Å². The van der Waals surface area contributed by atoms with Gasteiger partial charge in [0.25, 0.3) is 0 Å². The molecule has 2 heteroatoms. The van der Waals surface area contributed by atoms with Gasteiger partial charge in [0.1, 0.15) is 0 Å². The number of alkyl halides is 1. The number of carbonyl (C=O) groups is 1. The smallest absolute Gasteiger partial charge is 0.153 e. The summed E-state index contributed by atoms with van der Waals surface area (Å²) in [7, 11) is 0. The van der Waals surface area contributed by atoms with E-state index in [9.17, 15) is 4.79 Å². The summed E-state index contributed by atoms with van der Waals surface area (Å²) in [6.07, 6.45) is 8.37. The maximum absolute atomic E-state index is 11.6. The topological polar surface area (TPSA) is 17.1 Å². The van der Waals surface area contributed by atoms with Gasteiger partial charge in [-0.15, -0.1) is 11.6 Å². The van der Waals surface area contributed by atoms with Crippen LogP contribution in [-0.4, -0.2) is 11.7 Å². The van der Waals surface area contributed by atoms with Crippen LogP contribution in [-0.2, 0) is 4.79 Å². The molecule has 0 unspecified atom stereocenters. The summed E-state index contributed by atoms with van der Waals surface area (Å²) >= 11 is 5.62. The number of hydrogen-bond acceptors (Lipinski definition) is 1. The molecule has 0 atom stereocenters. The van der Waals surface area contributed by atoms with Crippen molar-refractivity contribution in [3.8, 4) is 0 Å². The van der Waals surface area contributed by atoms with Crippen LogP contribution in [0.4, 0.5) is 0 Å². The van der Waals surface area contributed by atoms with Crippen LogP contribution in [0.5, 0.6) is 0 Å².